The van der Waals surface area contributed by atoms with Gasteiger partial charge in [0.15, 0.2) is 6.10 Å². The van der Waals surface area contributed by atoms with Crippen LogP contribution >= 0.6 is 0 Å². The number of anilines is 1. The van der Waals surface area contributed by atoms with Gasteiger partial charge in [-0.25, -0.2) is 0 Å². The number of hydrogen-bond acceptors (Lipinski definition) is 5. The van der Waals surface area contributed by atoms with Gasteiger partial charge in [0.05, 0.1) is 18.8 Å². The molecule has 1 unspecified atom stereocenters. The maximum absolute atomic E-state index is 12.0. The lowest BCUT2D eigenvalue weighted by Crippen LogP contribution is -2.45. The molecule has 0 saturated heterocycles. The molecule has 114 valence electrons. The maximum atomic E-state index is 12.0. The minimum Gasteiger partial charge on any atom is -0.477 e. The number of amides is 1. The van der Waals surface area contributed by atoms with Crippen LogP contribution in [-0.2, 0) is 14.3 Å². The van der Waals surface area contributed by atoms with Gasteiger partial charge in [0, 0.05) is 13.0 Å². The lowest BCUT2D eigenvalue weighted by Gasteiger charge is -2.26. The Morgan fingerprint density at radius 3 is 3.05 bits per heavy atom. The summed E-state index contributed by atoms with van der Waals surface area (Å²) in [7, 11) is 0. The van der Waals surface area contributed by atoms with Gasteiger partial charge in [-0.1, -0.05) is 12.1 Å². The molecule has 6 heteroatoms. The number of ether oxygens (including phenoxy) is 2. The van der Waals surface area contributed by atoms with Crippen LogP contribution < -0.4 is 15.4 Å². The van der Waals surface area contributed by atoms with Gasteiger partial charge in [0.25, 0.3) is 5.91 Å². The molecule has 0 bridgehead atoms. The van der Waals surface area contributed by atoms with E-state index in [4.69, 9.17) is 9.47 Å². The third kappa shape index (κ3) is 4.37. The van der Waals surface area contributed by atoms with Crippen LogP contribution in [-0.4, -0.2) is 37.7 Å². The minimum absolute atomic E-state index is 0.180. The first kappa shape index (κ1) is 15.2. The highest BCUT2D eigenvalue weighted by atomic mass is 16.5. The van der Waals surface area contributed by atoms with Crippen LogP contribution in [0.5, 0.6) is 5.75 Å². The Kier molecular flexibility index (Phi) is 5.43. The van der Waals surface area contributed by atoms with E-state index >= 15 is 0 Å². The maximum Gasteiger partial charge on any atom is 0.305 e. The first-order valence-electron chi connectivity index (χ1n) is 7.13. The average molecular weight is 292 g/mol. The normalized spacial score (nSPS) is 16.1. The van der Waals surface area contributed by atoms with Crippen molar-refractivity contribution in [3.8, 4) is 5.75 Å². The topological polar surface area (TPSA) is 76.7 Å². The van der Waals surface area contributed by atoms with Crippen LogP contribution in [0.15, 0.2) is 24.3 Å². The first-order valence-corrected chi connectivity index (χ1v) is 7.13. The molecule has 6 nitrogen and oxygen atoms in total. The van der Waals surface area contributed by atoms with Gasteiger partial charge in [0.2, 0.25) is 0 Å². The van der Waals surface area contributed by atoms with Crippen molar-refractivity contribution >= 4 is 17.6 Å². The van der Waals surface area contributed by atoms with Crippen molar-refractivity contribution in [2.24, 2.45) is 0 Å². The molecule has 0 fully saturated rings. The summed E-state index contributed by atoms with van der Waals surface area (Å²) in [6, 6.07) is 7.50. The van der Waals surface area contributed by atoms with E-state index in [0.717, 1.165) is 5.69 Å². The molecule has 2 rings (SSSR count). The highest BCUT2D eigenvalue weighted by Gasteiger charge is 2.25. The van der Waals surface area contributed by atoms with E-state index in [0.29, 0.717) is 38.3 Å². The third-order valence-electron chi connectivity index (χ3n) is 3.09. The zero-order chi connectivity index (χ0) is 15.1. The summed E-state index contributed by atoms with van der Waals surface area (Å²) in [5.74, 6) is 0.257. The molecule has 1 aliphatic heterocycles. The molecule has 0 saturated carbocycles. The summed E-state index contributed by atoms with van der Waals surface area (Å²) in [5.41, 5.74) is 0.892. The number of hydrogen-bond donors (Lipinski definition) is 2. The summed E-state index contributed by atoms with van der Waals surface area (Å²) in [6.07, 6.45) is 0.310. The van der Waals surface area contributed by atoms with Crippen LogP contribution in [0, 0.1) is 0 Å². The first-order chi connectivity index (χ1) is 10.2. The molecule has 1 aliphatic rings. The summed E-state index contributed by atoms with van der Waals surface area (Å²) in [5, 5.41) is 5.93. The Morgan fingerprint density at radius 2 is 2.24 bits per heavy atom. The van der Waals surface area contributed by atoms with Crippen LogP contribution in [0.1, 0.15) is 19.8 Å². The quantitative estimate of drug-likeness (QED) is 0.611. The number of carbonyl (C=O) groups is 2. The highest BCUT2D eigenvalue weighted by molar-refractivity contribution is 5.83. The summed E-state index contributed by atoms with van der Waals surface area (Å²) in [4.78, 5) is 23.1. The second-order valence-corrected chi connectivity index (χ2v) is 4.68. The molecule has 1 aromatic carbocycles. The summed E-state index contributed by atoms with van der Waals surface area (Å²) in [6.45, 7) is 3.01. The molecule has 1 atom stereocenters. The zero-order valence-corrected chi connectivity index (χ0v) is 12.1. The monoisotopic (exact) mass is 292 g/mol. The van der Waals surface area contributed by atoms with Crippen LogP contribution in [0.3, 0.4) is 0 Å². The minimum atomic E-state index is -0.553. The molecule has 0 spiro atoms. The van der Waals surface area contributed by atoms with Crippen molar-refractivity contribution in [3.63, 3.8) is 0 Å². The summed E-state index contributed by atoms with van der Waals surface area (Å²) < 4.78 is 10.5. The fourth-order valence-electron chi connectivity index (χ4n) is 2.05. The molecule has 1 heterocycles. The van der Waals surface area contributed by atoms with Crippen LogP contribution in [0.2, 0.25) is 0 Å². The van der Waals surface area contributed by atoms with Crippen molar-refractivity contribution in [2.75, 3.05) is 25.0 Å². The molecule has 0 aliphatic carbocycles. The molecular weight excluding hydrogens is 272 g/mol. The van der Waals surface area contributed by atoms with Gasteiger partial charge in [-0.05, 0) is 25.5 Å². The number of fused-ring (bicyclic) bond motifs is 1. The van der Waals surface area contributed by atoms with Crippen LogP contribution in [0.25, 0.3) is 0 Å². The number of carbonyl (C=O) groups excluding carboxylic acids is 2. The molecule has 2 N–H and O–H groups in total. The van der Waals surface area contributed by atoms with Gasteiger partial charge in [0.1, 0.15) is 5.75 Å². The molecule has 21 heavy (non-hydrogen) atoms. The number of nitrogens with one attached hydrogen (secondary N) is 2. The van der Waals surface area contributed by atoms with E-state index in [1.807, 2.05) is 24.3 Å². The fourth-order valence-corrected chi connectivity index (χ4v) is 2.05. The number of para-hydroxylation sites is 2. The van der Waals surface area contributed by atoms with Crippen molar-refractivity contribution in [1.29, 1.82) is 0 Å². The SMILES string of the molecule is CCOC(=O)CCCNC(=O)C1CNc2ccccc2O1. The van der Waals surface area contributed by atoms with E-state index in [1.54, 1.807) is 6.92 Å². The van der Waals surface area contributed by atoms with Crippen LogP contribution in [0.4, 0.5) is 5.69 Å². The Morgan fingerprint density at radius 1 is 1.43 bits per heavy atom. The lowest BCUT2D eigenvalue weighted by molar-refractivity contribution is -0.143. The second kappa shape index (κ2) is 7.52. The summed E-state index contributed by atoms with van der Waals surface area (Å²) >= 11 is 0. The van der Waals surface area contributed by atoms with E-state index < -0.39 is 6.10 Å². The van der Waals surface area contributed by atoms with Gasteiger partial charge in [-0.15, -0.1) is 0 Å². The van der Waals surface area contributed by atoms with Crippen molar-refractivity contribution in [1.82, 2.24) is 5.32 Å². The smallest absolute Gasteiger partial charge is 0.305 e. The Balaban J connectivity index is 1.71. The van der Waals surface area contributed by atoms with E-state index in [9.17, 15) is 9.59 Å². The Hall–Kier alpha value is -2.24. The predicted octanol–water partition coefficient (Wildman–Crippen LogP) is 1.32. The van der Waals surface area contributed by atoms with Gasteiger partial charge in [-0.3, -0.25) is 9.59 Å². The molecular formula is C15H20N2O4. The van der Waals surface area contributed by atoms with Gasteiger partial charge < -0.3 is 20.1 Å². The van der Waals surface area contributed by atoms with Crippen molar-refractivity contribution in [3.05, 3.63) is 24.3 Å². The largest absolute Gasteiger partial charge is 0.477 e. The Labute approximate surface area is 123 Å². The van der Waals surface area contributed by atoms with Crippen molar-refractivity contribution in [2.45, 2.75) is 25.9 Å². The third-order valence-corrected chi connectivity index (χ3v) is 3.09. The molecule has 0 aromatic heterocycles. The highest BCUT2D eigenvalue weighted by Crippen LogP contribution is 2.28. The average Bonchev–Trinajstić information content (AvgIpc) is 2.51. The molecule has 0 radical (unpaired) electrons. The second-order valence-electron chi connectivity index (χ2n) is 4.68. The lowest BCUT2D eigenvalue weighted by atomic mass is 10.2. The molecule has 1 aromatic rings. The standard InChI is InChI=1S/C15H20N2O4/c1-2-20-14(18)8-5-9-16-15(19)13-10-17-11-6-3-4-7-12(11)21-13/h3-4,6-7,13,17H,2,5,8-10H2,1H3,(H,16,19). The Bertz CT molecular complexity index is 504. The zero-order valence-electron chi connectivity index (χ0n) is 12.1. The van der Waals surface area contributed by atoms with Gasteiger partial charge >= 0.3 is 5.97 Å². The number of rotatable bonds is 6. The van der Waals surface area contributed by atoms with Gasteiger partial charge in [-0.2, -0.15) is 0 Å². The number of benzene rings is 1. The van der Waals surface area contributed by atoms with Crippen molar-refractivity contribution < 1.29 is 19.1 Å². The number of esters is 1. The van der Waals surface area contributed by atoms with E-state index in [2.05, 4.69) is 10.6 Å². The molecule has 1 amide bonds. The van der Waals surface area contributed by atoms with E-state index in [-0.39, 0.29) is 11.9 Å². The predicted molar refractivity (Wildman–Crippen MR) is 78.2 cm³/mol. The fraction of sp³-hybridized carbons (Fsp3) is 0.467. The van der Waals surface area contributed by atoms with E-state index in [1.165, 1.54) is 0 Å².